The molecule has 0 saturated heterocycles. The van der Waals surface area contributed by atoms with Crippen molar-refractivity contribution in [1.29, 1.82) is 0 Å². The normalized spacial score (nSPS) is 19.7. The first-order chi connectivity index (χ1) is 11.0. The Kier molecular flexibility index (Phi) is 4.26. The molecule has 9 heteroatoms. The smallest absolute Gasteiger partial charge is 0.246 e. The van der Waals surface area contributed by atoms with Gasteiger partial charge < -0.3 is 5.11 Å². The Bertz CT molecular complexity index is 676. The fraction of sp³-hybridized carbons (Fsp3) is 0.571. The highest BCUT2D eigenvalue weighted by atomic mass is 32.2. The minimum atomic E-state index is -3.53. The molecule has 0 aromatic carbocycles. The van der Waals surface area contributed by atoms with Crippen molar-refractivity contribution in [3.05, 3.63) is 18.3 Å². The highest BCUT2D eigenvalue weighted by molar-refractivity contribution is 7.89. The van der Waals surface area contributed by atoms with Gasteiger partial charge in [-0.3, -0.25) is 15.6 Å². The average Bonchev–Trinajstić information content (AvgIpc) is 3.28. The summed E-state index contributed by atoms with van der Waals surface area (Å²) in [7, 11) is -3.53. The van der Waals surface area contributed by atoms with E-state index in [-0.39, 0.29) is 23.5 Å². The van der Waals surface area contributed by atoms with E-state index in [4.69, 9.17) is 0 Å². The van der Waals surface area contributed by atoms with Crippen molar-refractivity contribution in [1.82, 2.24) is 15.1 Å². The van der Waals surface area contributed by atoms with Gasteiger partial charge in [0.2, 0.25) is 15.9 Å². The van der Waals surface area contributed by atoms with Crippen LogP contribution < -0.4 is 15.6 Å². The number of sulfonamides is 1. The summed E-state index contributed by atoms with van der Waals surface area (Å²) in [5.41, 5.74) is 4.46. The van der Waals surface area contributed by atoms with Crippen molar-refractivity contribution in [3.8, 4) is 0 Å². The van der Waals surface area contributed by atoms with Gasteiger partial charge in [0.15, 0.2) is 0 Å². The number of hydrazine groups is 1. The Balaban J connectivity index is 1.58. The average molecular weight is 340 g/mol. The molecular weight excluding hydrogens is 320 g/mol. The second-order valence-electron chi connectivity index (χ2n) is 6.15. The topological polar surface area (TPSA) is 120 Å². The summed E-state index contributed by atoms with van der Waals surface area (Å²) in [5.74, 6) is 0.0521. The third kappa shape index (κ3) is 3.46. The van der Waals surface area contributed by atoms with Crippen LogP contribution in [0.3, 0.4) is 0 Å². The Morgan fingerprint density at radius 3 is 2.57 bits per heavy atom. The maximum Gasteiger partial charge on any atom is 0.246 e. The van der Waals surface area contributed by atoms with Gasteiger partial charge in [-0.1, -0.05) is 6.42 Å². The molecule has 0 bridgehead atoms. The van der Waals surface area contributed by atoms with Crippen molar-refractivity contribution in [2.75, 3.05) is 12.0 Å². The van der Waals surface area contributed by atoms with E-state index < -0.39 is 15.4 Å². The first-order valence-corrected chi connectivity index (χ1v) is 9.09. The quantitative estimate of drug-likeness (QED) is 0.524. The lowest BCUT2D eigenvalue weighted by Crippen LogP contribution is -2.49. The van der Waals surface area contributed by atoms with E-state index in [1.54, 1.807) is 0 Å². The number of nitrogens with one attached hydrogen (secondary N) is 3. The zero-order valence-electron chi connectivity index (χ0n) is 12.6. The third-order valence-corrected chi connectivity index (χ3v) is 5.85. The molecular formula is C14H20N4O4S. The maximum absolute atomic E-state index is 12.0. The van der Waals surface area contributed by atoms with Crippen LogP contribution in [0, 0.1) is 5.41 Å². The molecule has 2 saturated carbocycles. The van der Waals surface area contributed by atoms with Crippen molar-refractivity contribution in [3.63, 3.8) is 0 Å². The number of pyridine rings is 1. The summed E-state index contributed by atoms with van der Waals surface area (Å²) in [6.07, 6.45) is 5.22. The molecule has 1 heterocycles. The van der Waals surface area contributed by atoms with Crippen molar-refractivity contribution in [2.45, 2.75) is 43.0 Å². The standard InChI is InChI=1S/C14H20N4O4S/c19-9-14(6-1-7-14)13(20)17-16-12-5-4-11(8-15-12)23(21,22)18-10-2-3-10/h4-5,8,10,18-19H,1-3,6-7,9H2,(H,15,16)(H,17,20). The Labute approximate surface area is 134 Å². The van der Waals surface area contributed by atoms with Crippen molar-refractivity contribution in [2.24, 2.45) is 5.41 Å². The van der Waals surface area contributed by atoms with Gasteiger partial charge in [-0.2, -0.15) is 0 Å². The van der Waals surface area contributed by atoms with E-state index in [1.807, 2.05) is 0 Å². The summed E-state index contributed by atoms with van der Waals surface area (Å²) < 4.78 is 26.6. The molecule has 1 aromatic heterocycles. The first-order valence-electron chi connectivity index (χ1n) is 7.61. The molecule has 2 aliphatic rings. The van der Waals surface area contributed by atoms with E-state index in [1.165, 1.54) is 18.3 Å². The summed E-state index contributed by atoms with van der Waals surface area (Å²) in [6.45, 7) is -0.183. The summed E-state index contributed by atoms with van der Waals surface area (Å²) in [5, 5.41) is 9.33. The number of hydrogen-bond donors (Lipinski definition) is 4. The predicted molar refractivity (Wildman–Crippen MR) is 82.7 cm³/mol. The lowest BCUT2D eigenvalue weighted by Gasteiger charge is -2.38. The Morgan fingerprint density at radius 1 is 1.35 bits per heavy atom. The van der Waals surface area contributed by atoms with E-state index in [0.717, 1.165) is 19.3 Å². The highest BCUT2D eigenvalue weighted by Gasteiger charge is 2.43. The number of carbonyl (C=O) groups is 1. The van der Waals surface area contributed by atoms with Gasteiger partial charge in [0.1, 0.15) is 10.7 Å². The van der Waals surface area contributed by atoms with E-state index in [9.17, 15) is 18.3 Å². The van der Waals surface area contributed by atoms with Gasteiger partial charge in [0.05, 0.1) is 12.0 Å². The van der Waals surface area contributed by atoms with Crippen molar-refractivity contribution < 1.29 is 18.3 Å². The lowest BCUT2D eigenvalue weighted by atomic mass is 9.69. The molecule has 2 aliphatic carbocycles. The Morgan fingerprint density at radius 2 is 2.09 bits per heavy atom. The zero-order chi connectivity index (χ0) is 16.5. The highest BCUT2D eigenvalue weighted by Crippen LogP contribution is 2.40. The van der Waals surface area contributed by atoms with Crippen LogP contribution in [-0.2, 0) is 14.8 Å². The molecule has 8 nitrogen and oxygen atoms in total. The van der Waals surface area contributed by atoms with Crippen LogP contribution in [0.1, 0.15) is 32.1 Å². The van der Waals surface area contributed by atoms with E-state index in [0.29, 0.717) is 18.7 Å². The summed E-state index contributed by atoms with van der Waals surface area (Å²) in [6, 6.07) is 2.94. The van der Waals surface area contributed by atoms with Crippen LogP contribution in [0.25, 0.3) is 0 Å². The predicted octanol–water partition coefficient (Wildman–Crippen LogP) is 0.128. The van der Waals surface area contributed by atoms with E-state index >= 15 is 0 Å². The zero-order valence-corrected chi connectivity index (χ0v) is 13.4. The molecule has 126 valence electrons. The van der Waals surface area contributed by atoms with Gasteiger partial charge in [-0.05, 0) is 37.8 Å². The minimum Gasteiger partial charge on any atom is -0.395 e. The van der Waals surface area contributed by atoms with Crippen LogP contribution in [0.15, 0.2) is 23.2 Å². The number of aliphatic hydroxyl groups excluding tert-OH is 1. The fourth-order valence-corrected chi connectivity index (χ4v) is 3.67. The molecule has 0 aliphatic heterocycles. The number of hydrogen-bond acceptors (Lipinski definition) is 6. The molecule has 0 unspecified atom stereocenters. The number of aliphatic hydroxyl groups is 1. The lowest BCUT2D eigenvalue weighted by molar-refractivity contribution is -0.138. The second kappa shape index (κ2) is 6.06. The number of rotatable bonds is 7. The largest absolute Gasteiger partial charge is 0.395 e. The molecule has 1 aromatic rings. The fourth-order valence-electron chi connectivity index (χ4n) is 2.42. The summed E-state index contributed by atoms with van der Waals surface area (Å²) >= 11 is 0. The number of carbonyl (C=O) groups excluding carboxylic acids is 1. The van der Waals surface area contributed by atoms with E-state index in [2.05, 4.69) is 20.6 Å². The van der Waals surface area contributed by atoms with Gasteiger partial charge in [0.25, 0.3) is 0 Å². The van der Waals surface area contributed by atoms with Crippen LogP contribution in [0.5, 0.6) is 0 Å². The molecule has 0 spiro atoms. The maximum atomic E-state index is 12.0. The van der Waals surface area contributed by atoms with Crippen LogP contribution >= 0.6 is 0 Å². The molecule has 4 N–H and O–H groups in total. The van der Waals surface area contributed by atoms with Gasteiger partial charge in [0, 0.05) is 12.2 Å². The number of nitrogens with zero attached hydrogens (tertiary/aromatic N) is 1. The SMILES string of the molecule is O=C(NNc1ccc(S(=O)(=O)NC2CC2)cn1)C1(CO)CCC1. The second-order valence-corrected chi connectivity index (χ2v) is 7.86. The molecule has 0 atom stereocenters. The number of aromatic nitrogens is 1. The summed E-state index contributed by atoms with van der Waals surface area (Å²) in [4.78, 5) is 16.1. The van der Waals surface area contributed by atoms with Crippen LogP contribution in [0.2, 0.25) is 0 Å². The van der Waals surface area contributed by atoms with Crippen molar-refractivity contribution >= 4 is 21.7 Å². The van der Waals surface area contributed by atoms with Gasteiger partial charge in [-0.25, -0.2) is 18.1 Å². The number of anilines is 1. The molecule has 0 radical (unpaired) electrons. The monoisotopic (exact) mass is 340 g/mol. The molecule has 1 amide bonds. The molecule has 23 heavy (non-hydrogen) atoms. The first kappa shape index (κ1) is 16.2. The third-order valence-electron chi connectivity index (χ3n) is 4.34. The minimum absolute atomic E-state index is 0.0363. The van der Waals surface area contributed by atoms with Crippen LogP contribution in [-0.4, -0.2) is 37.1 Å². The van der Waals surface area contributed by atoms with Crippen LogP contribution in [0.4, 0.5) is 5.82 Å². The van der Waals surface area contributed by atoms with Gasteiger partial charge >= 0.3 is 0 Å². The Hall–Kier alpha value is -1.71. The number of amides is 1. The molecule has 2 fully saturated rings. The van der Waals surface area contributed by atoms with Gasteiger partial charge in [-0.15, -0.1) is 0 Å². The molecule has 3 rings (SSSR count).